The summed E-state index contributed by atoms with van der Waals surface area (Å²) in [5.74, 6) is -1.26. The normalized spacial score (nSPS) is 21.6. The molecule has 1 amide bonds. The molecule has 1 aliphatic rings. The molecular weight excluding hydrogens is 317 g/mol. The first-order chi connectivity index (χ1) is 9.95. The molecule has 0 spiro atoms. The topological polar surface area (TPSA) is 57.6 Å². The van der Waals surface area contributed by atoms with Crippen LogP contribution in [0.3, 0.4) is 0 Å². The molecular formula is C14H15ClFNO3S. The minimum absolute atomic E-state index is 0.118. The molecule has 1 aromatic rings. The van der Waals surface area contributed by atoms with Gasteiger partial charge < -0.3 is 10.0 Å². The van der Waals surface area contributed by atoms with Crippen molar-refractivity contribution in [3.8, 4) is 0 Å². The fourth-order valence-electron chi connectivity index (χ4n) is 2.47. The van der Waals surface area contributed by atoms with E-state index in [2.05, 4.69) is 0 Å². The van der Waals surface area contributed by atoms with E-state index in [0.717, 1.165) is 11.8 Å². The van der Waals surface area contributed by atoms with Crippen LogP contribution in [0.4, 0.5) is 4.39 Å². The van der Waals surface area contributed by atoms with Gasteiger partial charge in [-0.1, -0.05) is 18.5 Å². The second-order valence-corrected chi connectivity index (χ2v) is 6.62. The van der Waals surface area contributed by atoms with Crippen LogP contribution < -0.4 is 0 Å². The predicted octanol–water partition coefficient (Wildman–Crippen LogP) is 2.90. The molecule has 0 aromatic heterocycles. The molecule has 1 N–H and O–H groups in total. The second-order valence-electron chi connectivity index (χ2n) is 4.69. The van der Waals surface area contributed by atoms with Gasteiger partial charge in [-0.2, -0.15) is 11.8 Å². The minimum atomic E-state index is -1.01. The van der Waals surface area contributed by atoms with E-state index in [1.807, 2.05) is 6.92 Å². The van der Waals surface area contributed by atoms with Crippen LogP contribution in [-0.4, -0.2) is 45.5 Å². The maximum Gasteiger partial charge on any atom is 0.327 e. The molecule has 7 heteroatoms. The van der Waals surface area contributed by atoms with Crippen LogP contribution in [0, 0.1) is 5.82 Å². The van der Waals surface area contributed by atoms with E-state index >= 15 is 0 Å². The van der Waals surface area contributed by atoms with Crippen molar-refractivity contribution < 1.29 is 19.1 Å². The molecule has 0 saturated carbocycles. The zero-order chi connectivity index (χ0) is 15.6. The number of hydrogen-bond donors (Lipinski definition) is 1. The van der Waals surface area contributed by atoms with Crippen LogP contribution in [0.25, 0.3) is 0 Å². The number of carbonyl (C=O) groups excluding carboxylic acids is 1. The van der Waals surface area contributed by atoms with Crippen molar-refractivity contribution in [2.75, 3.05) is 12.3 Å². The predicted molar refractivity (Wildman–Crippen MR) is 80.4 cm³/mol. The third-order valence-electron chi connectivity index (χ3n) is 3.40. The van der Waals surface area contributed by atoms with Crippen molar-refractivity contribution in [2.24, 2.45) is 0 Å². The Morgan fingerprint density at radius 2 is 2.24 bits per heavy atom. The Morgan fingerprint density at radius 3 is 2.81 bits per heavy atom. The molecule has 0 bridgehead atoms. The van der Waals surface area contributed by atoms with Gasteiger partial charge in [0.15, 0.2) is 0 Å². The van der Waals surface area contributed by atoms with Crippen LogP contribution in [-0.2, 0) is 4.79 Å². The molecule has 2 atom stereocenters. The molecule has 21 heavy (non-hydrogen) atoms. The van der Waals surface area contributed by atoms with E-state index in [-0.39, 0.29) is 15.8 Å². The van der Waals surface area contributed by atoms with Gasteiger partial charge in [-0.3, -0.25) is 4.79 Å². The molecule has 1 saturated heterocycles. The highest BCUT2D eigenvalue weighted by Crippen LogP contribution is 2.30. The molecule has 1 aliphatic heterocycles. The number of likely N-dealkylation sites (tertiary alicyclic amines) is 1. The molecule has 114 valence electrons. The fourth-order valence-corrected chi connectivity index (χ4v) is 3.79. The summed E-state index contributed by atoms with van der Waals surface area (Å²) in [7, 11) is 0. The number of hydrogen-bond acceptors (Lipinski definition) is 3. The lowest BCUT2D eigenvalue weighted by Gasteiger charge is -2.24. The number of nitrogens with zero attached hydrogens (tertiary/aromatic N) is 1. The molecule has 2 rings (SSSR count). The van der Waals surface area contributed by atoms with Gasteiger partial charge in [0.25, 0.3) is 5.91 Å². The van der Waals surface area contributed by atoms with E-state index < -0.39 is 23.7 Å². The molecule has 1 aromatic carbocycles. The lowest BCUT2D eigenvalue weighted by atomic mass is 10.1. The molecule has 0 aliphatic carbocycles. The van der Waals surface area contributed by atoms with Crippen molar-refractivity contribution >= 4 is 35.2 Å². The summed E-state index contributed by atoms with van der Waals surface area (Å²) in [6, 6.07) is 2.81. The summed E-state index contributed by atoms with van der Waals surface area (Å²) in [6.07, 6.45) is 0.635. The summed E-state index contributed by atoms with van der Waals surface area (Å²) in [5.41, 5.74) is 0.204. The van der Waals surface area contributed by atoms with Crippen molar-refractivity contribution in [1.82, 2.24) is 4.90 Å². The average molecular weight is 332 g/mol. The first-order valence-corrected chi connectivity index (χ1v) is 7.98. The Balaban J connectivity index is 2.25. The van der Waals surface area contributed by atoms with Gasteiger partial charge in [0.2, 0.25) is 0 Å². The number of benzene rings is 1. The van der Waals surface area contributed by atoms with E-state index in [0.29, 0.717) is 13.0 Å². The number of aliphatic carboxylic acids is 1. The molecule has 4 nitrogen and oxygen atoms in total. The van der Waals surface area contributed by atoms with Crippen molar-refractivity contribution in [3.05, 3.63) is 34.6 Å². The van der Waals surface area contributed by atoms with Gasteiger partial charge in [-0.25, -0.2) is 9.18 Å². The maximum atomic E-state index is 13.2. The smallest absolute Gasteiger partial charge is 0.327 e. The van der Waals surface area contributed by atoms with E-state index in [1.165, 1.54) is 28.8 Å². The first kappa shape index (κ1) is 16.1. The summed E-state index contributed by atoms with van der Waals surface area (Å²) in [5, 5.41) is 9.12. The lowest BCUT2D eigenvalue weighted by Crippen LogP contribution is -2.44. The molecule has 1 fully saturated rings. The van der Waals surface area contributed by atoms with Gasteiger partial charge in [0, 0.05) is 17.4 Å². The summed E-state index contributed by atoms with van der Waals surface area (Å²) in [4.78, 5) is 25.2. The van der Waals surface area contributed by atoms with E-state index in [1.54, 1.807) is 0 Å². The minimum Gasteiger partial charge on any atom is -0.480 e. The Hall–Kier alpha value is -1.27. The molecule has 1 heterocycles. The number of carbonyl (C=O) groups is 2. The lowest BCUT2D eigenvalue weighted by molar-refractivity contribution is -0.141. The Kier molecular flexibility index (Phi) is 5.11. The Labute approximate surface area is 131 Å². The standard InChI is InChI=1S/C14H15ClFNO3S/c1-2-21-11-5-6-17(12(11)14(19)20)13(18)8-3-4-10(16)9(15)7-8/h3-4,7,11-12H,2,5-6H2,1H3,(H,19,20). The monoisotopic (exact) mass is 331 g/mol. The average Bonchev–Trinajstić information content (AvgIpc) is 2.85. The van der Waals surface area contributed by atoms with Crippen LogP contribution in [0.1, 0.15) is 23.7 Å². The number of thioether (sulfide) groups is 1. The Morgan fingerprint density at radius 1 is 1.52 bits per heavy atom. The summed E-state index contributed by atoms with van der Waals surface area (Å²) < 4.78 is 13.2. The second kappa shape index (κ2) is 6.66. The number of carboxylic acids is 1. The van der Waals surface area contributed by atoms with Crippen LogP contribution >= 0.6 is 23.4 Å². The first-order valence-electron chi connectivity index (χ1n) is 6.56. The Bertz CT molecular complexity index is 569. The zero-order valence-corrected chi connectivity index (χ0v) is 13.0. The third-order valence-corrected chi connectivity index (χ3v) is 4.95. The van der Waals surface area contributed by atoms with Gasteiger partial charge >= 0.3 is 5.97 Å². The highest BCUT2D eigenvalue weighted by atomic mass is 35.5. The van der Waals surface area contributed by atoms with Crippen molar-refractivity contribution in [2.45, 2.75) is 24.6 Å². The largest absolute Gasteiger partial charge is 0.480 e. The highest BCUT2D eigenvalue weighted by Gasteiger charge is 2.42. The zero-order valence-electron chi connectivity index (χ0n) is 11.4. The summed E-state index contributed by atoms with van der Waals surface area (Å²) >= 11 is 7.21. The summed E-state index contributed by atoms with van der Waals surface area (Å²) in [6.45, 7) is 2.33. The fraction of sp³-hybridized carbons (Fsp3) is 0.429. The third kappa shape index (κ3) is 3.32. The SMILES string of the molecule is CCSC1CCN(C(=O)c2ccc(F)c(Cl)c2)C1C(=O)O. The number of rotatable bonds is 4. The molecule has 0 radical (unpaired) electrons. The van der Waals surface area contributed by atoms with Gasteiger partial charge in [-0.05, 0) is 30.4 Å². The quantitative estimate of drug-likeness (QED) is 0.921. The van der Waals surface area contributed by atoms with Gasteiger partial charge in [-0.15, -0.1) is 0 Å². The van der Waals surface area contributed by atoms with Gasteiger partial charge in [0.05, 0.1) is 5.02 Å². The van der Waals surface area contributed by atoms with Crippen LogP contribution in [0.2, 0.25) is 5.02 Å². The van der Waals surface area contributed by atoms with Crippen molar-refractivity contribution in [1.29, 1.82) is 0 Å². The van der Waals surface area contributed by atoms with Crippen molar-refractivity contribution in [3.63, 3.8) is 0 Å². The van der Waals surface area contributed by atoms with Crippen LogP contribution in [0.15, 0.2) is 18.2 Å². The highest BCUT2D eigenvalue weighted by molar-refractivity contribution is 7.99. The molecule has 2 unspecified atom stereocenters. The number of halogens is 2. The van der Waals surface area contributed by atoms with E-state index in [4.69, 9.17) is 11.6 Å². The van der Waals surface area contributed by atoms with Gasteiger partial charge in [0.1, 0.15) is 11.9 Å². The van der Waals surface area contributed by atoms with Crippen LogP contribution in [0.5, 0.6) is 0 Å². The number of carboxylic acid groups (broad SMARTS) is 1. The van der Waals surface area contributed by atoms with E-state index in [9.17, 15) is 19.1 Å². The maximum absolute atomic E-state index is 13.2. The number of amides is 1.